The highest BCUT2D eigenvalue weighted by atomic mass is 32.1. The predicted octanol–water partition coefficient (Wildman–Crippen LogP) is 4.33. The van der Waals surface area contributed by atoms with Crippen molar-refractivity contribution in [2.24, 2.45) is 7.05 Å². The average Bonchev–Trinajstić information content (AvgIpc) is 3.05. The van der Waals surface area contributed by atoms with Crippen LogP contribution < -0.4 is 9.47 Å². The van der Waals surface area contributed by atoms with Crippen molar-refractivity contribution in [3.63, 3.8) is 0 Å². The van der Waals surface area contributed by atoms with Crippen molar-refractivity contribution in [2.75, 3.05) is 18.1 Å². The van der Waals surface area contributed by atoms with Crippen molar-refractivity contribution in [1.29, 1.82) is 0 Å². The molecule has 0 saturated heterocycles. The zero-order valence-electron chi connectivity index (χ0n) is 15.6. The van der Waals surface area contributed by atoms with E-state index in [1.165, 1.54) is 20.8 Å². The van der Waals surface area contributed by atoms with Gasteiger partial charge in [0.05, 0.1) is 6.54 Å². The summed E-state index contributed by atoms with van der Waals surface area (Å²) in [5.74, 6) is 0. The van der Waals surface area contributed by atoms with Gasteiger partial charge < -0.3 is 9.64 Å². The molecule has 0 spiro atoms. The normalized spacial score (nSPS) is 14.8. The third kappa shape index (κ3) is 3.62. The number of benzene rings is 2. The van der Waals surface area contributed by atoms with Crippen LogP contribution in [0.4, 0.5) is 5.69 Å². The highest BCUT2D eigenvalue weighted by Gasteiger charge is 2.16. The summed E-state index contributed by atoms with van der Waals surface area (Å²) in [5, 5.41) is 1.21. The van der Waals surface area contributed by atoms with Crippen LogP contribution in [-0.2, 0) is 16.6 Å². The van der Waals surface area contributed by atoms with Crippen molar-refractivity contribution in [3.05, 3.63) is 83.5 Å². The number of nitrogens with zero attached hydrogens (tertiary/aromatic N) is 2. The van der Waals surface area contributed by atoms with Crippen LogP contribution in [0, 0.1) is 0 Å². The lowest BCUT2D eigenvalue weighted by atomic mass is 9.99. The summed E-state index contributed by atoms with van der Waals surface area (Å²) in [6.07, 6.45) is 10.5. The van der Waals surface area contributed by atoms with E-state index in [0.717, 1.165) is 11.3 Å². The fourth-order valence-corrected chi connectivity index (χ4v) is 4.41. The van der Waals surface area contributed by atoms with Crippen LogP contribution in [0.1, 0.15) is 10.6 Å². The van der Waals surface area contributed by atoms with Crippen molar-refractivity contribution in [1.82, 2.24) is 0 Å². The maximum absolute atomic E-state index is 10.4. The second kappa shape index (κ2) is 8.23. The Kier molecular flexibility index (Phi) is 5.35. The maximum Gasteiger partial charge on any atom is 0.293 e. The molecule has 0 aliphatic carbocycles. The standard InChI is InChI=1S/C23H21N2O2S/c1-24-21-10-4-5-11-22(21)28-23(24)12-6-7-18-13-14-25(15-16-27-17-26)20-9-3-2-8-19(18)20/h2-14,17H,15-16H2,1H3/q+1. The van der Waals surface area contributed by atoms with Gasteiger partial charge in [0.15, 0.2) is 0 Å². The molecule has 0 saturated carbocycles. The Bertz CT molecular complexity index is 1090. The number of carbonyl (C=O) groups is 1. The Morgan fingerprint density at radius 3 is 2.82 bits per heavy atom. The lowest BCUT2D eigenvalue weighted by Crippen LogP contribution is -2.28. The van der Waals surface area contributed by atoms with E-state index in [4.69, 9.17) is 4.74 Å². The number of carbonyl (C=O) groups excluding carboxylic acids is 1. The molecule has 0 fully saturated rings. The SMILES string of the molecule is C[n+]1c(C=CC=C2C=CN(CCOC=O)c3ccccc32)sc2ccccc21. The van der Waals surface area contributed by atoms with Gasteiger partial charge in [-0.3, -0.25) is 4.79 Å². The Morgan fingerprint density at radius 2 is 1.96 bits per heavy atom. The number of aromatic nitrogens is 1. The molecule has 0 unspecified atom stereocenters. The Labute approximate surface area is 168 Å². The van der Waals surface area contributed by atoms with Gasteiger partial charge in [-0.05, 0) is 23.8 Å². The number of hydrogen-bond acceptors (Lipinski definition) is 4. The van der Waals surface area contributed by atoms with E-state index < -0.39 is 0 Å². The summed E-state index contributed by atoms with van der Waals surface area (Å²) in [4.78, 5) is 12.5. The first kappa shape index (κ1) is 18.2. The van der Waals surface area contributed by atoms with Crippen molar-refractivity contribution < 1.29 is 14.1 Å². The molecule has 1 aliphatic rings. The van der Waals surface area contributed by atoms with Gasteiger partial charge in [-0.25, -0.2) is 0 Å². The van der Waals surface area contributed by atoms with Crippen molar-refractivity contribution in [3.8, 4) is 0 Å². The molecule has 28 heavy (non-hydrogen) atoms. The Morgan fingerprint density at radius 1 is 1.14 bits per heavy atom. The molecule has 4 rings (SSSR count). The predicted molar refractivity (Wildman–Crippen MR) is 115 cm³/mol. The molecule has 1 aromatic heterocycles. The molecule has 3 aromatic rings. The Balaban J connectivity index is 1.59. The number of anilines is 1. The molecular formula is C23H21N2O2S+. The van der Waals surface area contributed by atoms with Crippen LogP contribution in [0.3, 0.4) is 0 Å². The summed E-state index contributed by atoms with van der Waals surface area (Å²) in [6.45, 7) is 1.49. The average molecular weight is 390 g/mol. The number of hydrogen-bond donors (Lipinski definition) is 0. The van der Waals surface area contributed by atoms with Crippen molar-refractivity contribution in [2.45, 2.75) is 0 Å². The third-order valence-electron chi connectivity index (χ3n) is 4.76. The van der Waals surface area contributed by atoms with Gasteiger partial charge in [0.25, 0.3) is 11.5 Å². The highest BCUT2D eigenvalue weighted by molar-refractivity contribution is 7.18. The van der Waals surface area contributed by atoms with E-state index in [0.29, 0.717) is 19.6 Å². The zero-order chi connectivity index (χ0) is 19.3. The second-order valence-electron chi connectivity index (χ2n) is 6.44. The van der Waals surface area contributed by atoms with Crippen LogP contribution in [0.25, 0.3) is 21.9 Å². The number of fused-ring (bicyclic) bond motifs is 2. The minimum Gasteiger partial charge on any atom is -0.466 e. The van der Waals surface area contributed by atoms with Gasteiger partial charge in [-0.1, -0.05) is 53.8 Å². The molecule has 2 heterocycles. The van der Waals surface area contributed by atoms with E-state index in [-0.39, 0.29) is 0 Å². The maximum atomic E-state index is 10.4. The minimum atomic E-state index is 0.365. The van der Waals surface area contributed by atoms with Crippen molar-refractivity contribution >= 4 is 45.4 Å². The number of rotatable bonds is 6. The first-order chi connectivity index (χ1) is 13.8. The molecule has 1 aliphatic heterocycles. The van der Waals surface area contributed by atoms with Gasteiger partial charge >= 0.3 is 0 Å². The number of ether oxygens (including phenoxy) is 1. The van der Waals surface area contributed by atoms with E-state index in [9.17, 15) is 4.79 Å². The fourth-order valence-electron chi connectivity index (χ4n) is 3.35. The summed E-state index contributed by atoms with van der Waals surface area (Å²) >= 11 is 1.79. The molecule has 0 atom stereocenters. The monoisotopic (exact) mass is 389 g/mol. The van der Waals surface area contributed by atoms with Crippen LogP contribution in [0.15, 0.2) is 73.0 Å². The summed E-state index contributed by atoms with van der Waals surface area (Å²) in [5.41, 5.74) is 4.69. The molecule has 0 amide bonds. The zero-order valence-corrected chi connectivity index (χ0v) is 16.4. The first-order valence-electron chi connectivity index (χ1n) is 9.13. The number of aryl methyl sites for hydroxylation is 1. The summed E-state index contributed by atoms with van der Waals surface area (Å²) in [6, 6.07) is 16.7. The molecule has 0 radical (unpaired) electrons. The van der Waals surface area contributed by atoms with Gasteiger partial charge in [0, 0.05) is 29.6 Å². The Hall–Kier alpha value is -3.18. The molecule has 4 nitrogen and oxygen atoms in total. The van der Waals surface area contributed by atoms with E-state index in [1.54, 1.807) is 11.3 Å². The quantitative estimate of drug-likeness (QED) is 0.357. The van der Waals surface area contributed by atoms with Crippen LogP contribution >= 0.6 is 11.3 Å². The second-order valence-corrected chi connectivity index (χ2v) is 7.50. The van der Waals surface area contributed by atoms with E-state index in [2.05, 4.69) is 77.2 Å². The lowest BCUT2D eigenvalue weighted by molar-refractivity contribution is -0.642. The lowest BCUT2D eigenvalue weighted by Gasteiger charge is -2.27. The largest absolute Gasteiger partial charge is 0.466 e. The fraction of sp³-hybridized carbons (Fsp3) is 0.130. The molecule has 2 aromatic carbocycles. The third-order valence-corrected chi connectivity index (χ3v) is 5.95. The number of para-hydroxylation sites is 2. The van der Waals surface area contributed by atoms with E-state index in [1.807, 2.05) is 18.3 Å². The van der Waals surface area contributed by atoms with Crippen LogP contribution in [-0.4, -0.2) is 19.6 Å². The van der Waals surface area contributed by atoms with E-state index >= 15 is 0 Å². The smallest absolute Gasteiger partial charge is 0.293 e. The highest BCUT2D eigenvalue weighted by Crippen LogP contribution is 2.32. The van der Waals surface area contributed by atoms with Gasteiger partial charge in [-0.2, -0.15) is 4.57 Å². The summed E-state index contributed by atoms with van der Waals surface area (Å²) < 4.78 is 8.35. The molecular weight excluding hydrogens is 368 g/mol. The van der Waals surface area contributed by atoms with Gasteiger partial charge in [-0.15, -0.1) is 0 Å². The molecule has 140 valence electrons. The molecule has 0 N–H and O–H groups in total. The van der Waals surface area contributed by atoms with Crippen LogP contribution in [0.5, 0.6) is 0 Å². The van der Waals surface area contributed by atoms with Crippen LogP contribution in [0.2, 0.25) is 0 Å². The molecule has 5 heteroatoms. The van der Waals surface area contributed by atoms with Gasteiger partial charge in [0.2, 0.25) is 5.52 Å². The number of allylic oxidation sites excluding steroid dienone is 4. The minimum absolute atomic E-state index is 0.365. The molecule has 0 bridgehead atoms. The van der Waals surface area contributed by atoms with Gasteiger partial charge in [0.1, 0.15) is 18.4 Å². The first-order valence-corrected chi connectivity index (χ1v) is 9.95. The topological polar surface area (TPSA) is 33.4 Å². The summed E-state index contributed by atoms with van der Waals surface area (Å²) in [7, 11) is 2.10. The number of thiazole rings is 1.